The molecule has 2 fully saturated rings. The minimum Gasteiger partial charge on any atom is -0.356 e. The predicted molar refractivity (Wildman–Crippen MR) is 93.5 cm³/mol. The first kappa shape index (κ1) is 18.5. The molecule has 1 saturated heterocycles. The zero-order chi connectivity index (χ0) is 18.2. The van der Waals surface area contributed by atoms with Crippen LogP contribution in [0.4, 0.5) is 19.0 Å². The van der Waals surface area contributed by atoms with Gasteiger partial charge in [-0.15, -0.1) is 0 Å². The molecule has 1 N–H and O–H groups in total. The first-order valence-corrected chi connectivity index (χ1v) is 9.16. The van der Waals surface area contributed by atoms with E-state index < -0.39 is 11.9 Å². The van der Waals surface area contributed by atoms with Gasteiger partial charge in [0.1, 0.15) is 11.5 Å². The summed E-state index contributed by atoms with van der Waals surface area (Å²) in [6, 6.07) is 4.66. The summed E-state index contributed by atoms with van der Waals surface area (Å²) in [6.07, 6.45) is -0.945. The van der Waals surface area contributed by atoms with E-state index >= 15 is 0 Å². The topological polar surface area (TPSA) is 28.2 Å². The molecule has 1 saturated carbocycles. The predicted octanol–water partition coefficient (Wildman–Crippen LogP) is 4.34. The van der Waals surface area contributed by atoms with Crippen molar-refractivity contribution in [2.24, 2.45) is 17.3 Å². The van der Waals surface area contributed by atoms with Crippen LogP contribution in [0.25, 0.3) is 0 Å². The molecule has 6 heteroatoms. The summed E-state index contributed by atoms with van der Waals surface area (Å²) in [6.45, 7) is 9.33. The molecule has 3 unspecified atom stereocenters. The highest BCUT2D eigenvalue weighted by Gasteiger charge is 2.43. The van der Waals surface area contributed by atoms with Crippen molar-refractivity contribution < 1.29 is 13.2 Å². The molecule has 1 aliphatic heterocycles. The van der Waals surface area contributed by atoms with Crippen LogP contribution in [0.1, 0.15) is 45.7 Å². The van der Waals surface area contributed by atoms with Crippen LogP contribution in [-0.2, 0) is 6.18 Å². The van der Waals surface area contributed by atoms with Gasteiger partial charge in [0.15, 0.2) is 0 Å². The molecule has 0 radical (unpaired) electrons. The lowest BCUT2D eigenvalue weighted by molar-refractivity contribution is -0.141. The molecule has 140 valence electrons. The summed E-state index contributed by atoms with van der Waals surface area (Å²) in [5, 5.41) is 3.69. The largest absolute Gasteiger partial charge is 0.433 e. The maximum atomic E-state index is 12.9. The molecule has 3 nitrogen and oxygen atoms in total. The summed E-state index contributed by atoms with van der Waals surface area (Å²) in [5.74, 6) is 1.53. The highest BCUT2D eigenvalue weighted by atomic mass is 19.4. The van der Waals surface area contributed by atoms with Crippen molar-refractivity contribution in [3.63, 3.8) is 0 Å². The monoisotopic (exact) mass is 355 g/mol. The Hall–Kier alpha value is -1.30. The molecule has 1 aliphatic carbocycles. The summed E-state index contributed by atoms with van der Waals surface area (Å²) < 4.78 is 38.7. The second-order valence-electron chi connectivity index (χ2n) is 8.66. The molecule has 1 aromatic rings. The zero-order valence-electron chi connectivity index (χ0n) is 15.2. The fourth-order valence-electron chi connectivity index (χ4n) is 4.10. The van der Waals surface area contributed by atoms with Crippen LogP contribution in [0.3, 0.4) is 0 Å². The molecule has 2 aliphatic rings. The van der Waals surface area contributed by atoms with E-state index in [0.717, 1.165) is 38.5 Å². The Labute approximate surface area is 148 Å². The maximum Gasteiger partial charge on any atom is 0.433 e. The van der Waals surface area contributed by atoms with E-state index in [1.807, 2.05) is 4.90 Å². The number of rotatable bonds is 4. The molecule has 0 bridgehead atoms. The van der Waals surface area contributed by atoms with Gasteiger partial charge in [0.2, 0.25) is 0 Å². The molecular weight excluding hydrogens is 327 g/mol. The molecular formula is C19H28F3N3. The third kappa shape index (κ3) is 4.46. The smallest absolute Gasteiger partial charge is 0.356 e. The third-order valence-electron chi connectivity index (χ3n) is 5.49. The number of aromatic nitrogens is 1. The molecule has 0 spiro atoms. The number of nitrogens with zero attached hydrogens (tertiary/aromatic N) is 2. The van der Waals surface area contributed by atoms with Gasteiger partial charge in [-0.3, -0.25) is 0 Å². The van der Waals surface area contributed by atoms with Gasteiger partial charge in [-0.25, -0.2) is 4.98 Å². The van der Waals surface area contributed by atoms with Gasteiger partial charge in [-0.2, -0.15) is 13.2 Å². The Morgan fingerprint density at radius 2 is 1.92 bits per heavy atom. The zero-order valence-corrected chi connectivity index (χ0v) is 15.2. The van der Waals surface area contributed by atoms with E-state index in [4.69, 9.17) is 0 Å². The van der Waals surface area contributed by atoms with Crippen LogP contribution in [0.2, 0.25) is 0 Å². The van der Waals surface area contributed by atoms with Crippen molar-refractivity contribution in [3.8, 4) is 0 Å². The number of alkyl halides is 3. The fraction of sp³-hybridized carbons (Fsp3) is 0.737. The number of hydrogen-bond donors (Lipinski definition) is 1. The fourth-order valence-corrected chi connectivity index (χ4v) is 4.10. The molecule has 0 aromatic carbocycles. The first-order valence-electron chi connectivity index (χ1n) is 9.16. The Kier molecular flexibility index (Phi) is 5.02. The lowest BCUT2D eigenvalue weighted by atomic mass is 9.92. The minimum atomic E-state index is -4.39. The van der Waals surface area contributed by atoms with Gasteiger partial charge in [0, 0.05) is 19.1 Å². The van der Waals surface area contributed by atoms with Crippen molar-refractivity contribution in [2.45, 2.75) is 52.3 Å². The molecule has 0 amide bonds. The van der Waals surface area contributed by atoms with Gasteiger partial charge in [-0.05, 0) is 55.2 Å². The van der Waals surface area contributed by atoms with Gasteiger partial charge in [0.25, 0.3) is 0 Å². The molecule has 1 aromatic heterocycles. The van der Waals surface area contributed by atoms with Gasteiger partial charge in [0.05, 0.1) is 0 Å². The van der Waals surface area contributed by atoms with Crippen molar-refractivity contribution in [2.75, 3.05) is 24.5 Å². The SMILES string of the molecule is CC(C)(C)CCNC1CCC2CN(c3cccc(C(F)(F)F)n3)CC21. The Balaban J connectivity index is 1.62. The number of pyridine rings is 1. The van der Waals surface area contributed by atoms with Crippen LogP contribution in [0, 0.1) is 17.3 Å². The van der Waals surface area contributed by atoms with E-state index in [-0.39, 0.29) is 0 Å². The third-order valence-corrected chi connectivity index (χ3v) is 5.49. The lowest BCUT2D eigenvalue weighted by Gasteiger charge is -2.25. The van der Waals surface area contributed by atoms with E-state index in [0.29, 0.717) is 29.1 Å². The van der Waals surface area contributed by atoms with Crippen LogP contribution in [0.5, 0.6) is 0 Å². The van der Waals surface area contributed by atoms with Gasteiger partial charge < -0.3 is 10.2 Å². The molecule has 3 rings (SSSR count). The molecule has 2 heterocycles. The summed E-state index contributed by atoms with van der Waals surface area (Å²) >= 11 is 0. The van der Waals surface area contributed by atoms with Crippen molar-refractivity contribution >= 4 is 5.82 Å². The van der Waals surface area contributed by atoms with E-state index in [9.17, 15) is 13.2 Å². The lowest BCUT2D eigenvalue weighted by Crippen LogP contribution is -2.37. The average Bonchev–Trinajstić information content (AvgIpc) is 3.07. The number of anilines is 1. The number of nitrogens with one attached hydrogen (secondary N) is 1. The standard InChI is InChI=1S/C19H28F3N3/c1-18(2,3)9-10-23-15-8-7-13-11-25(12-14(13)15)17-6-4-5-16(24-17)19(20,21)22/h4-6,13-15,23H,7-12H2,1-3H3. The van der Waals surface area contributed by atoms with Crippen LogP contribution in [-0.4, -0.2) is 30.7 Å². The second kappa shape index (κ2) is 6.78. The summed E-state index contributed by atoms with van der Waals surface area (Å²) in [5.41, 5.74) is -0.490. The number of halogens is 3. The van der Waals surface area contributed by atoms with Crippen molar-refractivity contribution in [1.29, 1.82) is 0 Å². The van der Waals surface area contributed by atoms with E-state index in [2.05, 4.69) is 31.1 Å². The van der Waals surface area contributed by atoms with Crippen LogP contribution < -0.4 is 10.2 Å². The second-order valence-corrected chi connectivity index (χ2v) is 8.66. The van der Waals surface area contributed by atoms with E-state index in [1.165, 1.54) is 12.5 Å². The minimum absolute atomic E-state index is 0.314. The molecule has 3 atom stereocenters. The Morgan fingerprint density at radius 3 is 2.60 bits per heavy atom. The Bertz CT molecular complexity index is 594. The van der Waals surface area contributed by atoms with Crippen LogP contribution >= 0.6 is 0 Å². The van der Waals surface area contributed by atoms with Crippen LogP contribution in [0.15, 0.2) is 18.2 Å². The first-order chi connectivity index (χ1) is 11.6. The van der Waals surface area contributed by atoms with Crippen molar-refractivity contribution in [3.05, 3.63) is 23.9 Å². The van der Waals surface area contributed by atoms with E-state index in [1.54, 1.807) is 6.07 Å². The van der Waals surface area contributed by atoms with Gasteiger partial charge in [-0.1, -0.05) is 26.8 Å². The molecule has 25 heavy (non-hydrogen) atoms. The maximum absolute atomic E-state index is 12.9. The number of fused-ring (bicyclic) bond motifs is 1. The highest BCUT2D eigenvalue weighted by molar-refractivity contribution is 5.42. The van der Waals surface area contributed by atoms with Gasteiger partial charge >= 0.3 is 6.18 Å². The highest BCUT2D eigenvalue weighted by Crippen LogP contribution is 2.40. The summed E-state index contributed by atoms with van der Waals surface area (Å²) in [7, 11) is 0. The summed E-state index contributed by atoms with van der Waals surface area (Å²) in [4.78, 5) is 5.88. The Morgan fingerprint density at radius 1 is 1.16 bits per heavy atom. The normalized spacial score (nSPS) is 27.0. The van der Waals surface area contributed by atoms with Crippen molar-refractivity contribution in [1.82, 2.24) is 10.3 Å². The number of hydrogen-bond acceptors (Lipinski definition) is 3. The average molecular weight is 355 g/mol. The quantitative estimate of drug-likeness (QED) is 0.871.